The van der Waals surface area contributed by atoms with Crippen LogP contribution in [0.1, 0.15) is 37.4 Å². The van der Waals surface area contributed by atoms with Crippen LogP contribution >= 0.6 is 0 Å². The van der Waals surface area contributed by atoms with Gasteiger partial charge in [-0.2, -0.15) is 5.10 Å². The molecule has 2 heterocycles. The Balaban J connectivity index is 2.10. The van der Waals surface area contributed by atoms with Gasteiger partial charge in [0.05, 0.1) is 5.69 Å². The predicted molar refractivity (Wildman–Crippen MR) is 52.4 cm³/mol. The highest BCUT2D eigenvalue weighted by atomic mass is 15.3. The van der Waals surface area contributed by atoms with E-state index in [2.05, 4.69) is 16.5 Å². The van der Waals surface area contributed by atoms with Crippen molar-refractivity contribution >= 4 is 0 Å². The smallest absolute Gasteiger partial charge is 0.0550 e. The average Bonchev–Trinajstić information content (AvgIpc) is 2.43. The van der Waals surface area contributed by atoms with E-state index in [0.717, 1.165) is 6.54 Å². The molecule has 0 aliphatic carbocycles. The molecule has 0 aromatic carbocycles. The second-order valence-corrected chi connectivity index (χ2v) is 3.74. The molecule has 1 aromatic rings. The van der Waals surface area contributed by atoms with Crippen LogP contribution in [0.15, 0.2) is 12.3 Å². The molecule has 1 aliphatic rings. The van der Waals surface area contributed by atoms with Crippen LogP contribution < -0.4 is 5.32 Å². The largest absolute Gasteiger partial charge is 0.309 e. The van der Waals surface area contributed by atoms with Crippen molar-refractivity contribution in [1.82, 2.24) is 15.1 Å². The lowest BCUT2D eigenvalue weighted by Crippen LogP contribution is -2.22. The minimum atomic E-state index is 0.523. The normalized spacial score (nSPS) is 24.2. The van der Waals surface area contributed by atoms with Gasteiger partial charge >= 0.3 is 0 Å². The molecule has 0 bridgehead atoms. The number of hydrogen-bond donors (Lipinski definition) is 1. The minimum Gasteiger partial charge on any atom is -0.309 e. The van der Waals surface area contributed by atoms with E-state index in [1.807, 2.05) is 17.9 Å². The van der Waals surface area contributed by atoms with Crippen molar-refractivity contribution < 1.29 is 0 Å². The first-order chi connectivity index (χ1) is 6.38. The fraction of sp³-hybridized carbons (Fsp3) is 0.700. The van der Waals surface area contributed by atoms with Gasteiger partial charge in [-0.15, -0.1) is 0 Å². The zero-order valence-electron chi connectivity index (χ0n) is 8.16. The van der Waals surface area contributed by atoms with Gasteiger partial charge in [-0.25, -0.2) is 0 Å². The van der Waals surface area contributed by atoms with Gasteiger partial charge < -0.3 is 5.32 Å². The average molecular weight is 179 g/mol. The third kappa shape index (κ3) is 1.91. The van der Waals surface area contributed by atoms with Crippen molar-refractivity contribution in [1.29, 1.82) is 0 Å². The third-order valence-corrected chi connectivity index (χ3v) is 2.78. The first kappa shape index (κ1) is 8.75. The van der Waals surface area contributed by atoms with Gasteiger partial charge in [0.2, 0.25) is 0 Å². The van der Waals surface area contributed by atoms with Crippen LogP contribution in [0.5, 0.6) is 0 Å². The van der Waals surface area contributed by atoms with Crippen LogP contribution in [-0.4, -0.2) is 16.3 Å². The SMILES string of the molecule is Cn1nccc1C1CCCCCN1. The van der Waals surface area contributed by atoms with Crippen LogP contribution in [0, 0.1) is 0 Å². The van der Waals surface area contributed by atoms with Crippen LogP contribution in [0.25, 0.3) is 0 Å². The Morgan fingerprint density at radius 3 is 3.15 bits per heavy atom. The van der Waals surface area contributed by atoms with E-state index >= 15 is 0 Å². The first-order valence-corrected chi connectivity index (χ1v) is 5.09. The Labute approximate surface area is 79.1 Å². The summed E-state index contributed by atoms with van der Waals surface area (Å²) in [4.78, 5) is 0. The van der Waals surface area contributed by atoms with Crippen molar-refractivity contribution in [3.63, 3.8) is 0 Å². The van der Waals surface area contributed by atoms with Crippen LogP contribution in [-0.2, 0) is 7.05 Å². The monoisotopic (exact) mass is 179 g/mol. The van der Waals surface area contributed by atoms with Crippen LogP contribution in [0.2, 0.25) is 0 Å². The summed E-state index contributed by atoms with van der Waals surface area (Å²) in [6.07, 6.45) is 7.14. The lowest BCUT2D eigenvalue weighted by Gasteiger charge is -2.15. The lowest BCUT2D eigenvalue weighted by atomic mass is 10.1. The van der Waals surface area contributed by atoms with E-state index in [-0.39, 0.29) is 0 Å². The zero-order valence-corrected chi connectivity index (χ0v) is 8.16. The fourth-order valence-electron chi connectivity index (χ4n) is 2.01. The van der Waals surface area contributed by atoms with Crippen molar-refractivity contribution in [3.05, 3.63) is 18.0 Å². The van der Waals surface area contributed by atoms with Crippen molar-refractivity contribution in [3.8, 4) is 0 Å². The van der Waals surface area contributed by atoms with E-state index in [0.29, 0.717) is 6.04 Å². The maximum absolute atomic E-state index is 4.20. The number of aryl methyl sites for hydroxylation is 1. The zero-order chi connectivity index (χ0) is 9.10. The number of rotatable bonds is 1. The molecule has 1 fully saturated rings. The minimum absolute atomic E-state index is 0.523. The molecular formula is C10H17N3. The molecule has 1 unspecified atom stereocenters. The summed E-state index contributed by atoms with van der Waals surface area (Å²) in [5.41, 5.74) is 1.32. The maximum Gasteiger partial charge on any atom is 0.0550 e. The Morgan fingerprint density at radius 1 is 1.46 bits per heavy atom. The van der Waals surface area contributed by atoms with E-state index in [9.17, 15) is 0 Å². The molecule has 72 valence electrons. The highest BCUT2D eigenvalue weighted by molar-refractivity contribution is 5.06. The fourth-order valence-corrected chi connectivity index (χ4v) is 2.01. The van der Waals surface area contributed by atoms with Gasteiger partial charge in [0.15, 0.2) is 0 Å². The van der Waals surface area contributed by atoms with E-state index < -0.39 is 0 Å². The summed E-state index contributed by atoms with van der Waals surface area (Å²) in [5, 5.41) is 7.76. The van der Waals surface area contributed by atoms with Crippen molar-refractivity contribution in [2.75, 3.05) is 6.54 Å². The van der Waals surface area contributed by atoms with Gasteiger partial charge in [-0.1, -0.05) is 12.8 Å². The Hall–Kier alpha value is -0.830. The summed E-state index contributed by atoms with van der Waals surface area (Å²) in [6, 6.07) is 2.64. The summed E-state index contributed by atoms with van der Waals surface area (Å²) in [6.45, 7) is 1.15. The topological polar surface area (TPSA) is 29.9 Å². The van der Waals surface area contributed by atoms with Crippen molar-refractivity contribution in [2.45, 2.75) is 31.7 Å². The molecule has 3 nitrogen and oxygen atoms in total. The number of nitrogens with zero attached hydrogens (tertiary/aromatic N) is 2. The van der Waals surface area contributed by atoms with E-state index in [4.69, 9.17) is 0 Å². The summed E-state index contributed by atoms with van der Waals surface area (Å²) in [5.74, 6) is 0. The third-order valence-electron chi connectivity index (χ3n) is 2.78. The molecule has 1 aliphatic heterocycles. The van der Waals surface area contributed by atoms with Gasteiger partial charge in [-0.3, -0.25) is 4.68 Å². The molecule has 1 atom stereocenters. The van der Waals surface area contributed by atoms with Gasteiger partial charge in [-0.05, 0) is 25.5 Å². The standard InChI is InChI=1S/C10H17N3/c1-13-10(6-8-12-13)9-5-3-2-4-7-11-9/h6,8-9,11H,2-5,7H2,1H3. The molecule has 1 saturated heterocycles. The van der Waals surface area contributed by atoms with Gasteiger partial charge in [0, 0.05) is 19.3 Å². The maximum atomic E-state index is 4.20. The van der Waals surface area contributed by atoms with E-state index in [1.165, 1.54) is 31.4 Å². The van der Waals surface area contributed by atoms with Crippen molar-refractivity contribution in [2.24, 2.45) is 7.05 Å². The molecular weight excluding hydrogens is 162 g/mol. The molecule has 2 rings (SSSR count). The molecule has 0 spiro atoms. The van der Waals surface area contributed by atoms with E-state index in [1.54, 1.807) is 0 Å². The Bertz CT molecular complexity index is 259. The number of hydrogen-bond acceptors (Lipinski definition) is 2. The number of aromatic nitrogens is 2. The molecule has 0 radical (unpaired) electrons. The first-order valence-electron chi connectivity index (χ1n) is 5.09. The second-order valence-electron chi connectivity index (χ2n) is 3.74. The number of nitrogens with one attached hydrogen (secondary N) is 1. The van der Waals surface area contributed by atoms with Gasteiger partial charge in [0.1, 0.15) is 0 Å². The second kappa shape index (κ2) is 3.92. The lowest BCUT2D eigenvalue weighted by molar-refractivity contribution is 0.495. The predicted octanol–water partition coefficient (Wildman–Crippen LogP) is 1.62. The molecule has 13 heavy (non-hydrogen) atoms. The quantitative estimate of drug-likeness (QED) is 0.710. The Morgan fingerprint density at radius 2 is 2.38 bits per heavy atom. The van der Waals surface area contributed by atoms with Crippen LogP contribution in [0.4, 0.5) is 0 Å². The van der Waals surface area contributed by atoms with Crippen LogP contribution in [0.3, 0.4) is 0 Å². The summed E-state index contributed by atoms with van der Waals surface area (Å²) in [7, 11) is 2.02. The van der Waals surface area contributed by atoms with Gasteiger partial charge in [0.25, 0.3) is 0 Å². The highest BCUT2D eigenvalue weighted by Gasteiger charge is 2.15. The Kier molecular flexibility index (Phi) is 2.64. The molecule has 1 aromatic heterocycles. The summed E-state index contributed by atoms with van der Waals surface area (Å²) >= 11 is 0. The summed E-state index contributed by atoms with van der Waals surface area (Å²) < 4.78 is 1.98. The molecule has 0 amide bonds. The molecule has 1 N–H and O–H groups in total. The highest BCUT2D eigenvalue weighted by Crippen LogP contribution is 2.21. The molecule has 3 heteroatoms. The molecule has 0 saturated carbocycles.